The van der Waals surface area contributed by atoms with Crippen molar-refractivity contribution in [3.8, 4) is 0 Å². The van der Waals surface area contributed by atoms with E-state index in [1.54, 1.807) is 0 Å². The molecule has 1 aliphatic carbocycles. The zero-order chi connectivity index (χ0) is 11.0. The summed E-state index contributed by atoms with van der Waals surface area (Å²) >= 11 is 0. The third-order valence-corrected chi connectivity index (χ3v) is 2.79. The molecule has 0 aliphatic heterocycles. The number of pyridine rings is 1. The molecule has 0 saturated heterocycles. The van der Waals surface area contributed by atoms with Gasteiger partial charge in [-0.15, -0.1) is 0 Å². The average molecular weight is 212 g/mol. The van der Waals surface area contributed by atoms with Gasteiger partial charge in [0.05, 0.1) is 24.1 Å². The summed E-state index contributed by atoms with van der Waals surface area (Å²) in [6, 6.07) is 4.04. The van der Waals surface area contributed by atoms with Crippen molar-refractivity contribution in [2.75, 3.05) is 0 Å². The number of nitrogens with one attached hydrogen (secondary N) is 1. The first-order chi connectivity index (χ1) is 7.88. The number of aromatic amines is 1. The third-order valence-electron chi connectivity index (χ3n) is 2.79. The Morgan fingerprint density at radius 3 is 3.12 bits per heavy atom. The Bertz CT molecular complexity index is 554. The molecular formula is C12H12N4. The quantitative estimate of drug-likeness (QED) is 0.787. The highest BCUT2D eigenvalue weighted by Gasteiger charge is 2.17. The number of nitrogens with zero attached hydrogens (tertiary/aromatic N) is 2. The molecule has 3 N–H and O–H groups in total. The molecule has 4 heteroatoms. The monoisotopic (exact) mass is 212 g/mol. The van der Waals surface area contributed by atoms with Crippen molar-refractivity contribution in [1.82, 2.24) is 15.0 Å². The van der Waals surface area contributed by atoms with E-state index >= 15 is 0 Å². The molecule has 2 heterocycles. The number of fused-ring (bicyclic) bond motifs is 1. The Morgan fingerprint density at radius 2 is 2.31 bits per heavy atom. The van der Waals surface area contributed by atoms with E-state index in [0.29, 0.717) is 6.54 Å². The number of hydrogen-bond acceptors (Lipinski definition) is 3. The molecule has 0 amide bonds. The van der Waals surface area contributed by atoms with E-state index in [9.17, 15) is 0 Å². The molecule has 0 fully saturated rings. The summed E-state index contributed by atoms with van der Waals surface area (Å²) < 4.78 is 0. The van der Waals surface area contributed by atoms with Crippen LogP contribution < -0.4 is 5.73 Å². The first-order valence-corrected chi connectivity index (χ1v) is 5.27. The predicted octanol–water partition coefficient (Wildman–Crippen LogP) is 1.25. The fraction of sp³-hybridized carbons (Fsp3) is 0.167. The zero-order valence-corrected chi connectivity index (χ0v) is 8.77. The molecule has 3 rings (SSSR count). The van der Waals surface area contributed by atoms with Crippen molar-refractivity contribution in [1.29, 1.82) is 0 Å². The minimum atomic E-state index is 0.438. The molecule has 0 aromatic carbocycles. The van der Waals surface area contributed by atoms with Crippen LogP contribution in [0.3, 0.4) is 0 Å². The number of nitrogens with two attached hydrogens (primary N) is 1. The van der Waals surface area contributed by atoms with Gasteiger partial charge >= 0.3 is 0 Å². The van der Waals surface area contributed by atoms with Gasteiger partial charge in [-0.05, 0) is 6.07 Å². The highest BCUT2D eigenvalue weighted by atomic mass is 14.9. The maximum Gasteiger partial charge on any atom is 0.120 e. The second kappa shape index (κ2) is 3.57. The van der Waals surface area contributed by atoms with E-state index < -0.39 is 0 Å². The Labute approximate surface area is 93.2 Å². The normalized spacial score (nSPS) is 13.7. The average Bonchev–Trinajstić information content (AvgIpc) is 2.94. The van der Waals surface area contributed by atoms with Crippen LogP contribution in [0.1, 0.15) is 22.8 Å². The summed E-state index contributed by atoms with van der Waals surface area (Å²) in [7, 11) is 0. The van der Waals surface area contributed by atoms with Crippen molar-refractivity contribution in [3.63, 3.8) is 0 Å². The number of hydrogen-bond donors (Lipinski definition) is 2. The summed E-state index contributed by atoms with van der Waals surface area (Å²) in [6.45, 7) is 0.438. The maximum atomic E-state index is 5.53. The molecule has 16 heavy (non-hydrogen) atoms. The molecule has 0 saturated carbocycles. The fourth-order valence-electron chi connectivity index (χ4n) is 2.01. The number of allylic oxidation sites excluding steroid dienone is 1. The van der Waals surface area contributed by atoms with Crippen LogP contribution in [-0.2, 0) is 13.0 Å². The number of rotatable bonds is 2. The molecule has 2 aromatic heterocycles. The molecule has 0 radical (unpaired) electrons. The highest BCUT2D eigenvalue weighted by Crippen LogP contribution is 2.30. The van der Waals surface area contributed by atoms with Crippen molar-refractivity contribution in [3.05, 3.63) is 53.4 Å². The summed E-state index contributed by atoms with van der Waals surface area (Å²) in [5.74, 6) is 0.813. The summed E-state index contributed by atoms with van der Waals surface area (Å²) in [4.78, 5) is 11.8. The van der Waals surface area contributed by atoms with E-state index in [0.717, 1.165) is 23.6 Å². The first kappa shape index (κ1) is 9.30. The Balaban J connectivity index is 2.04. The van der Waals surface area contributed by atoms with Crippen LogP contribution in [0.25, 0.3) is 5.57 Å². The fourth-order valence-corrected chi connectivity index (χ4v) is 2.01. The van der Waals surface area contributed by atoms with E-state index in [4.69, 9.17) is 5.73 Å². The van der Waals surface area contributed by atoms with Crippen molar-refractivity contribution >= 4 is 5.57 Å². The number of imidazole rings is 1. The second-order valence-electron chi connectivity index (χ2n) is 3.77. The van der Waals surface area contributed by atoms with Gasteiger partial charge in [-0.1, -0.05) is 12.1 Å². The standard InChI is InChI=1S/C12H12N4/c13-6-12-15-7-11(16-12)9-3-4-10-8(9)2-1-5-14-10/h1-3,5,7H,4,6,13H2,(H,15,16). The van der Waals surface area contributed by atoms with Gasteiger partial charge in [0, 0.05) is 23.8 Å². The minimum Gasteiger partial charge on any atom is -0.341 e. The van der Waals surface area contributed by atoms with Crippen LogP contribution in [-0.4, -0.2) is 15.0 Å². The third kappa shape index (κ3) is 1.35. The van der Waals surface area contributed by atoms with Gasteiger partial charge in [0.1, 0.15) is 5.82 Å². The molecule has 2 aromatic rings. The maximum absolute atomic E-state index is 5.53. The molecule has 0 atom stereocenters. The van der Waals surface area contributed by atoms with Crippen LogP contribution in [0.4, 0.5) is 0 Å². The summed E-state index contributed by atoms with van der Waals surface area (Å²) in [6.07, 6.45) is 6.72. The Morgan fingerprint density at radius 1 is 1.38 bits per heavy atom. The molecule has 1 aliphatic rings. The summed E-state index contributed by atoms with van der Waals surface area (Å²) in [5, 5.41) is 0. The van der Waals surface area contributed by atoms with Crippen LogP contribution >= 0.6 is 0 Å². The largest absolute Gasteiger partial charge is 0.341 e. The van der Waals surface area contributed by atoms with Gasteiger partial charge in [0.15, 0.2) is 0 Å². The van der Waals surface area contributed by atoms with E-state index in [1.165, 1.54) is 11.1 Å². The lowest BCUT2D eigenvalue weighted by Crippen LogP contribution is -1.98. The molecule has 4 nitrogen and oxygen atoms in total. The van der Waals surface area contributed by atoms with E-state index in [2.05, 4.69) is 27.1 Å². The predicted molar refractivity (Wildman–Crippen MR) is 61.5 cm³/mol. The number of aromatic nitrogens is 3. The molecular weight excluding hydrogens is 200 g/mol. The van der Waals surface area contributed by atoms with Gasteiger partial charge in [-0.25, -0.2) is 4.98 Å². The van der Waals surface area contributed by atoms with Gasteiger partial charge < -0.3 is 10.7 Å². The van der Waals surface area contributed by atoms with Gasteiger partial charge in [-0.3, -0.25) is 4.98 Å². The van der Waals surface area contributed by atoms with Crippen molar-refractivity contribution in [2.45, 2.75) is 13.0 Å². The van der Waals surface area contributed by atoms with Crippen LogP contribution in [0.2, 0.25) is 0 Å². The lowest BCUT2D eigenvalue weighted by Gasteiger charge is -2.01. The highest BCUT2D eigenvalue weighted by molar-refractivity contribution is 5.82. The molecule has 0 bridgehead atoms. The number of H-pyrrole nitrogens is 1. The van der Waals surface area contributed by atoms with Crippen LogP contribution in [0, 0.1) is 0 Å². The SMILES string of the molecule is NCc1ncc(C2=CCc3ncccc32)[nH]1. The zero-order valence-electron chi connectivity index (χ0n) is 8.77. The minimum absolute atomic E-state index is 0.438. The molecule has 0 unspecified atom stereocenters. The summed E-state index contributed by atoms with van der Waals surface area (Å²) in [5.41, 5.74) is 10.0. The first-order valence-electron chi connectivity index (χ1n) is 5.27. The second-order valence-corrected chi connectivity index (χ2v) is 3.77. The Hall–Kier alpha value is -1.94. The van der Waals surface area contributed by atoms with Crippen LogP contribution in [0.15, 0.2) is 30.6 Å². The van der Waals surface area contributed by atoms with Gasteiger partial charge in [0.2, 0.25) is 0 Å². The van der Waals surface area contributed by atoms with Gasteiger partial charge in [0.25, 0.3) is 0 Å². The van der Waals surface area contributed by atoms with Crippen molar-refractivity contribution in [2.24, 2.45) is 5.73 Å². The Kier molecular flexibility index (Phi) is 2.08. The lowest BCUT2D eigenvalue weighted by molar-refractivity contribution is 0.947. The smallest absolute Gasteiger partial charge is 0.120 e. The van der Waals surface area contributed by atoms with Crippen LogP contribution in [0.5, 0.6) is 0 Å². The van der Waals surface area contributed by atoms with Gasteiger partial charge in [-0.2, -0.15) is 0 Å². The topological polar surface area (TPSA) is 67.6 Å². The van der Waals surface area contributed by atoms with E-state index in [1.807, 2.05) is 18.5 Å². The van der Waals surface area contributed by atoms with E-state index in [-0.39, 0.29) is 0 Å². The lowest BCUT2D eigenvalue weighted by atomic mass is 10.1. The molecule has 80 valence electrons. The van der Waals surface area contributed by atoms with Crippen molar-refractivity contribution < 1.29 is 0 Å². The molecule has 0 spiro atoms.